The summed E-state index contributed by atoms with van der Waals surface area (Å²) >= 11 is 0. The van der Waals surface area contributed by atoms with E-state index in [1.807, 2.05) is 41.1 Å². The van der Waals surface area contributed by atoms with E-state index in [0.29, 0.717) is 6.61 Å². The minimum atomic E-state index is -0.578. The molecule has 0 spiro atoms. The number of ether oxygens (including phenoxy) is 2. The fraction of sp³-hybridized carbons (Fsp3) is 0.533. The monoisotopic (exact) mass is 262 g/mol. The van der Waals surface area contributed by atoms with Crippen molar-refractivity contribution in [3.05, 3.63) is 29.1 Å². The highest BCUT2D eigenvalue weighted by atomic mass is 16.7. The highest BCUT2D eigenvalue weighted by Crippen LogP contribution is 2.35. The number of fused-ring (bicyclic) bond motifs is 1. The third-order valence-corrected chi connectivity index (χ3v) is 3.03. The van der Waals surface area contributed by atoms with Crippen LogP contribution in [0.2, 0.25) is 0 Å². The van der Waals surface area contributed by atoms with Crippen LogP contribution in [0.5, 0.6) is 5.75 Å². The van der Waals surface area contributed by atoms with Gasteiger partial charge in [0.25, 0.3) is 0 Å². The molecule has 2 rings (SSSR count). The summed E-state index contributed by atoms with van der Waals surface area (Å²) in [5, 5.41) is 0. The molecule has 0 radical (unpaired) electrons. The normalized spacial score (nSPS) is 17.6. The zero-order valence-corrected chi connectivity index (χ0v) is 12.4. The van der Waals surface area contributed by atoms with Gasteiger partial charge in [0.15, 0.2) is 0 Å². The molecule has 0 aliphatic carbocycles. The van der Waals surface area contributed by atoms with Gasteiger partial charge in [0.05, 0.1) is 12.3 Å². The van der Waals surface area contributed by atoms with Crippen LogP contribution in [0.3, 0.4) is 0 Å². The van der Waals surface area contributed by atoms with Crippen molar-refractivity contribution in [3.8, 4) is 5.75 Å². The Kier molecular flexibility index (Phi) is 3.92. The standard InChI is InChI=1S/C15H22N2O2/c1-11-14-13(10-18-15(2,3)19-14)12(9-16-11)7-6-8-17(4)5/h6-7,9H,8,10H2,1-5H3/b7-6+. The lowest BCUT2D eigenvalue weighted by Gasteiger charge is -2.33. The molecule has 4 nitrogen and oxygen atoms in total. The molecule has 0 amide bonds. The summed E-state index contributed by atoms with van der Waals surface area (Å²) in [4.78, 5) is 6.52. The molecule has 0 bridgehead atoms. The molecule has 1 aromatic heterocycles. The Hall–Kier alpha value is -1.39. The highest BCUT2D eigenvalue weighted by Gasteiger charge is 2.29. The molecular weight excluding hydrogens is 240 g/mol. The first kappa shape index (κ1) is 14.0. The molecule has 4 heteroatoms. The Morgan fingerprint density at radius 2 is 2.16 bits per heavy atom. The number of nitrogens with zero attached hydrogens (tertiary/aromatic N) is 2. The van der Waals surface area contributed by atoms with Crippen LogP contribution in [-0.4, -0.2) is 36.3 Å². The lowest BCUT2D eigenvalue weighted by atomic mass is 10.1. The van der Waals surface area contributed by atoms with Crippen LogP contribution in [0.1, 0.15) is 30.7 Å². The van der Waals surface area contributed by atoms with E-state index in [1.54, 1.807) is 0 Å². The average molecular weight is 262 g/mol. The fourth-order valence-electron chi connectivity index (χ4n) is 1.99. The van der Waals surface area contributed by atoms with Crippen molar-refractivity contribution in [2.24, 2.45) is 0 Å². The van der Waals surface area contributed by atoms with Crippen molar-refractivity contribution in [2.75, 3.05) is 20.6 Å². The van der Waals surface area contributed by atoms with Crippen molar-refractivity contribution in [1.29, 1.82) is 0 Å². The third kappa shape index (κ3) is 3.33. The van der Waals surface area contributed by atoms with Crippen molar-refractivity contribution >= 4 is 6.08 Å². The van der Waals surface area contributed by atoms with Gasteiger partial charge >= 0.3 is 0 Å². The average Bonchev–Trinajstić information content (AvgIpc) is 2.31. The van der Waals surface area contributed by atoms with Gasteiger partial charge in [-0.25, -0.2) is 0 Å². The number of aryl methyl sites for hydroxylation is 1. The van der Waals surface area contributed by atoms with Crippen molar-refractivity contribution < 1.29 is 9.47 Å². The molecule has 2 heterocycles. The van der Waals surface area contributed by atoms with Gasteiger partial charge in [-0.1, -0.05) is 12.2 Å². The van der Waals surface area contributed by atoms with E-state index in [2.05, 4.69) is 22.0 Å². The number of aromatic nitrogens is 1. The van der Waals surface area contributed by atoms with Gasteiger partial charge in [-0.05, 0) is 21.0 Å². The Morgan fingerprint density at radius 3 is 2.84 bits per heavy atom. The molecule has 0 saturated heterocycles. The summed E-state index contributed by atoms with van der Waals surface area (Å²) in [6.45, 7) is 7.27. The lowest BCUT2D eigenvalue weighted by Crippen LogP contribution is -2.36. The molecule has 0 aromatic carbocycles. The van der Waals surface area contributed by atoms with Crippen LogP contribution in [0.4, 0.5) is 0 Å². The lowest BCUT2D eigenvalue weighted by molar-refractivity contribution is -0.180. The van der Waals surface area contributed by atoms with E-state index in [0.717, 1.165) is 29.1 Å². The second kappa shape index (κ2) is 5.31. The Bertz CT molecular complexity index is 493. The third-order valence-electron chi connectivity index (χ3n) is 3.03. The van der Waals surface area contributed by atoms with Gasteiger partial charge < -0.3 is 14.4 Å². The minimum Gasteiger partial charge on any atom is -0.461 e. The first-order valence-electron chi connectivity index (χ1n) is 6.52. The van der Waals surface area contributed by atoms with Crippen LogP contribution in [-0.2, 0) is 11.3 Å². The second-order valence-corrected chi connectivity index (χ2v) is 5.56. The Balaban J connectivity index is 2.30. The van der Waals surface area contributed by atoms with Crippen LogP contribution in [0.25, 0.3) is 6.08 Å². The van der Waals surface area contributed by atoms with Crippen molar-refractivity contribution in [3.63, 3.8) is 0 Å². The van der Waals surface area contributed by atoms with E-state index in [9.17, 15) is 0 Å². The topological polar surface area (TPSA) is 34.6 Å². The van der Waals surface area contributed by atoms with Crippen LogP contribution in [0.15, 0.2) is 12.3 Å². The van der Waals surface area contributed by atoms with Crippen LogP contribution < -0.4 is 4.74 Å². The number of pyridine rings is 1. The van der Waals surface area contributed by atoms with Gasteiger partial charge in [-0.3, -0.25) is 4.98 Å². The van der Waals surface area contributed by atoms with Crippen LogP contribution in [0, 0.1) is 6.92 Å². The summed E-state index contributed by atoms with van der Waals surface area (Å²) in [7, 11) is 4.09. The van der Waals surface area contributed by atoms with Gasteiger partial charge in [-0.15, -0.1) is 0 Å². The number of rotatable bonds is 3. The first-order valence-corrected chi connectivity index (χ1v) is 6.52. The fourth-order valence-corrected chi connectivity index (χ4v) is 1.99. The molecule has 0 fully saturated rings. The van der Waals surface area contributed by atoms with E-state index in [4.69, 9.17) is 9.47 Å². The van der Waals surface area contributed by atoms with Gasteiger partial charge in [0.1, 0.15) is 5.75 Å². The number of hydrogen-bond donors (Lipinski definition) is 0. The molecule has 0 N–H and O–H groups in total. The summed E-state index contributed by atoms with van der Waals surface area (Å²) in [5.74, 6) is 0.286. The molecular formula is C15H22N2O2. The molecule has 0 saturated carbocycles. The maximum absolute atomic E-state index is 5.89. The van der Waals surface area contributed by atoms with E-state index < -0.39 is 5.79 Å². The predicted octanol–water partition coefficient (Wildman–Crippen LogP) is 2.61. The first-order chi connectivity index (χ1) is 8.89. The molecule has 1 aromatic rings. The predicted molar refractivity (Wildman–Crippen MR) is 76.1 cm³/mol. The quantitative estimate of drug-likeness (QED) is 0.838. The molecule has 19 heavy (non-hydrogen) atoms. The van der Waals surface area contributed by atoms with E-state index in [1.165, 1.54) is 0 Å². The number of likely N-dealkylation sites (N-methyl/N-ethyl adjacent to an activating group) is 1. The van der Waals surface area contributed by atoms with Gasteiger partial charge in [0, 0.05) is 37.7 Å². The smallest absolute Gasteiger partial charge is 0.205 e. The maximum atomic E-state index is 5.89. The zero-order valence-electron chi connectivity index (χ0n) is 12.4. The maximum Gasteiger partial charge on any atom is 0.205 e. The summed E-state index contributed by atoms with van der Waals surface area (Å²) < 4.78 is 11.6. The molecule has 0 unspecified atom stereocenters. The largest absolute Gasteiger partial charge is 0.461 e. The molecule has 104 valence electrons. The summed E-state index contributed by atoms with van der Waals surface area (Å²) in [6, 6.07) is 0. The van der Waals surface area contributed by atoms with Crippen molar-refractivity contribution in [1.82, 2.24) is 9.88 Å². The molecule has 1 aliphatic heterocycles. The summed E-state index contributed by atoms with van der Waals surface area (Å²) in [6.07, 6.45) is 6.08. The Morgan fingerprint density at radius 1 is 1.42 bits per heavy atom. The molecule has 1 aliphatic rings. The summed E-state index contributed by atoms with van der Waals surface area (Å²) in [5.41, 5.74) is 3.07. The second-order valence-electron chi connectivity index (χ2n) is 5.56. The zero-order chi connectivity index (χ0) is 14.0. The van der Waals surface area contributed by atoms with Crippen molar-refractivity contribution in [2.45, 2.75) is 33.2 Å². The molecule has 0 atom stereocenters. The van der Waals surface area contributed by atoms with Gasteiger partial charge in [-0.2, -0.15) is 0 Å². The SMILES string of the molecule is Cc1ncc(/C=C/CN(C)C)c2c1OC(C)(C)OC2. The van der Waals surface area contributed by atoms with E-state index in [-0.39, 0.29) is 0 Å². The minimum absolute atomic E-state index is 0.563. The van der Waals surface area contributed by atoms with Gasteiger partial charge in [0.2, 0.25) is 5.79 Å². The highest BCUT2D eigenvalue weighted by molar-refractivity contribution is 5.58. The number of hydrogen-bond acceptors (Lipinski definition) is 4. The van der Waals surface area contributed by atoms with Crippen LogP contribution >= 0.6 is 0 Å². The Labute approximate surface area is 115 Å². The van der Waals surface area contributed by atoms with E-state index >= 15 is 0 Å².